The third-order valence-electron chi connectivity index (χ3n) is 8.71. The first-order valence-electron chi connectivity index (χ1n) is 14.5. The van der Waals surface area contributed by atoms with Gasteiger partial charge in [0.15, 0.2) is 0 Å². The number of carbonyl (C=O) groups excluding carboxylic acids is 2. The quantitative estimate of drug-likeness (QED) is 0.342. The first-order valence-corrected chi connectivity index (χ1v) is 14.5. The molecule has 1 aliphatic heterocycles. The highest BCUT2D eigenvalue weighted by molar-refractivity contribution is 5.91. The van der Waals surface area contributed by atoms with E-state index in [2.05, 4.69) is 39.8 Å². The first kappa shape index (κ1) is 27.7. The molecule has 3 aromatic carbocycles. The lowest BCUT2D eigenvalue weighted by molar-refractivity contribution is -0.142. The van der Waals surface area contributed by atoms with Gasteiger partial charge < -0.3 is 20.5 Å². The molecule has 3 atom stereocenters. The molecule has 0 aromatic heterocycles. The number of alkyl carbamates (subject to hydrolysis) is 1. The normalized spacial score (nSPS) is 23.1. The predicted molar refractivity (Wildman–Crippen MR) is 159 cm³/mol. The molecule has 2 aliphatic carbocycles. The molecule has 3 aromatic rings. The number of nitrogens with one attached hydrogen (secondary N) is 2. The minimum Gasteiger partial charge on any atom is -0.481 e. The fourth-order valence-electron chi connectivity index (χ4n) is 6.54. The van der Waals surface area contributed by atoms with Crippen LogP contribution in [0.5, 0.6) is 0 Å². The number of carbonyl (C=O) groups is 3. The second-order valence-electron chi connectivity index (χ2n) is 11.5. The van der Waals surface area contributed by atoms with Crippen molar-refractivity contribution < 1.29 is 24.2 Å². The molecule has 1 heterocycles. The summed E-state index contributed by atoms with van der Waals surface area (Å²) in [5, 5.41) is 15.5. The Morgan fingerprint density at radius 1 is 0.929 bits per heavy atom. The van der Waals surface area contributed by atoms with Gasteiger partial charge in [-0.1, -0.05) is 91.0 Å². The molecule has 1 saturated heterocycles. The van der Waals surface area contributed by atoms with Crippen molar-refractivity contribution in [1.82, 2.24) is 15.5 Å². The number of carboxylic acids is 1. The summed E-state index contributed by atoms with van der Waals surface area (Å²) in [6.07, 6.45) is 4.16. The van der Waals surface area contributed by atoms with Crippen molar-refractivity contribution in [2.45, 2.75) is 43.3 Å². The molecule has 8 heteroatoms. The van der Waals surface area contributed by atoms with Crippen LogP contribution in [0, 0.1) is 5.92 Å². The molecular formula is C34H35N3O5. The zero-order valence-electron chi connectivity index (χ0n) is 23.4. The summed E-state index contributed by atoms with van der Waals surface area (Å²) in [4.78, 5) is 40.9. The number of allylic oxidation sites excluding steroid dienone is 1. The molecule has 42 heavy (non-hydrogen) atoms. The second-order valence-corrected chi connectivity index (χ2v) is 11.5. The van der Waals surface area contributed by atoms with Crippen molar-refractivity contribution in [3.05, 3.63) is 108 Å². The fourth-order valence-corrected chi connectivity index (χ4v) is 6.54. The van der Waals surface area contributed by atoms with Crippen molar-refractivity contribution in [3.63, 3.8) is 0 Å². The zero-order valence-corrected chi connectivity index (χ0v) is 23.4. The van der Waals surface area contributed by atoms with E-state index in [0.717, 1.165) is 27.8 Å². The molecule has 1 fully saturated rings. The summed E-state index contributed by atoms with van der Waals surface area (Å²) in [6.45, 7) is 1.73. The van der Waals surface area contributed by atoms with Crippen molar-refractivity contribution >= 4 is 18.0 Å². The Bertz CT molecular complexity index is 1460. The van der Waals surface area contributed by atoms with Gasteiger partial charge in [0.1, 0.15) is 12.1 Å². The van der Waals surface area contributed by atoms with Gasteiger partial charge in [-0.15, -0.1) is 0 Å². The maximum absolute atomic E-state index is 13.8. The molecule has 2 amide bonds. The highest BCUT2D eigenvalue weighted by Crippen LogP contribution is 2.44. The highest BCUT2D eigenvalue weighted by atomic mass is 16.5. The van der Waals surface area contributed by atoms with Crippen molar-refractivity contribution in [1.29, 1.82) is 0 Å². The lowest BCUT2D eigenvalue weighted by atomic mass is 9.90. The van der Waals surface area contributed by atoms with Crippen LogP contribution in [0.15, 0.2) is 91.0 Å². The van der Waals surface area contributed by atoms with E-state index in [0.29, 0.717) is 38.9 Å². The van der Waals surface area contributed by atoms with Crippen LogP contribution in [-0.2, 0) is 20.9 Å². The van der Waals surface area contributed by atoms with Crippen molar-refractivity contribution in [3.8, 4) is 11.1 Å². The number of hydrogen-bond donors (Lipinski definition) is 3. The van der Waals surface area contributed by atoms with Gasteiger partial charge in [0.25, 0.3) is 0 Å². The average Bonchev–Trinajstić information content (AvgIpc) is 3.56. The summed E-state index contributed by atoms with van der Waals surface area (Å²) in [5.74, 6) is -1.84. The molecular weight excluding hydrogens is 530 g/mol. The van der Waals surface area contributed by atoms with E-state index < -0.39 is 29.6 Å². The number of amides is 2. The van der Waals surface area contributed by atoms with E-state index in [1.165, 1.54) is 0 Å². The largest absolute Gasteiger partial charge is 0.481 e. The maximum atomic E-state index is 13.8. The summed E-state index contributed by atoms with van der Waals surface area (Å²) >= 11 is 0. The van der Waals surface area contributed by atoms with Crippen molar-refractivity contribution in [2.75, 3.05) is 19.7 Å². The van der Waals surface area contributed by atoms with Crippen LogP contribution in [0.1, 0.15) is 41.9 Å². The molecule has 3 N–H and O–H groups in total. The Balaban J connectivity index is 1.17. The monoisotopic (exact) mass is 565 g/mol. The molecule has 3 aliphatic rings. The van der Waals surface area contributed by atoms with Crippen LogP contribution in [0.4, 0.5) is 4.79 Å². The van der Waals surface area contributed by atoms with E-state index in [1.54, 1.807) is 6.08 Å². The van der Waals surface area contributed by atoms with Crippen LogP contribution in [0.3, 0.4) is 0 Å². The Morgan fingerprint density at radius 3 is 2.29 bits per heavy atom. The van der Waals surface area contributed by atoms with E-state index in [4.69, 9.17) is 4.74 Å². The molecule has 8 nitrogen and oxygen atoms in total. The highest BCUT2D eigenvalue weighted by Gasteiger charge is 2.47. The Kier molecular flexibility index (Phi) is 7.80. The molecule has 6 rings (SSSR count). The number of rotatable bonds is 8. The lowest BCUT2D eigenvalue weighted by Crippen LogP contribution is -2.62. The number of likely N-dealkylation sites (tertiary alicyclic amines) is 1. The standard InChI is InChI=1S/C34H35N3O5/c38-31(39)24-11-8-12-25(19-24)35-32(40)34(17-18-37(22-34)20-23-9-2-1-3-10-23)36-33(41)42-21-30-28-15-6-4-13-26(28)27-14-5-7-16-29(27)30/h1-10,12-16,24-25,30H,11,17-22H2,(H,35,40)(H,36,41)(H,38,39). The van der Waals surface area contributed by atoms with Gasteiger partial charge in [0.05, 0.1) is 5.92 Å². The van der Waals surface area contributed by atoms with Crippen LogP contribution in [0.2, 0.25) is 0 Å². The Morgan fingerprint density at radius 2 is 1.60 bits per heavy atom. The van der Waals surface area contributed by atoms with Gasteiger partial charge in [-0.25, -0.2) is 4.79 Å². The van der Waals surface area contributed by atoms with Gasteiger partial charge in [0.2, 0.25) is 5.91 Å². The molecule has 0 saturated carbocycles. The van der Waals surface area contributed by atoms with Crippen molar-refractivity contribution in [2.24, 2.45) is 5.92 Å². The minimum atomic E-state index is -1.21. The number of carboxylic acid groups (broad SMARTS) is 1. The van der Waals surface area contributed by atoms with E-state index in [1.807, 2.05) is 60.7 Å². The number of hydrogen-bond acceptors (Lipinski definition) is 5. The van der Waals surface area contributed by atoms with Gasteiger partial charge in [-0.2, -0.15) is 0 Å². The van der Waals surface area contributed by atoms with E-state index >= 15 is 0 Å². The van der Waals surface area contributed by atoms with Gasteiger partial charge in [-0.05, 0) is 47.1 Å². The number of fused-ring (bicyclic) bond motifs is 3. The molecule has 0 radical (unpaired) electrons. The molecule has 216 valence electrons. The SMILES string of the molecule is O=C(NC1(C(=O)NC2C=CCC(C(=O)O)C2)CCN(Cc2ccccc2)C1)OCC1c2ccccc2-c2ccccc21. The predicted octanol–water partition coefficient (Wildman–Crippen LogP) is 4.71. The van der Waals surface area contributed by atoms with E-state index in [9.17, 15) is 19.5 Å². The van der Waals surface area contributed by atoms with Gasteiger partial charge in [-0.3, -0.25) is 14.5 Å². The number of nitrogens with zero attached hydrogens (tertiary/aromatic N) is 1. The van der Waals surface area contributed by atoms with Gasteiger partial charge >= 0.3 is 12.1 Å². The summed E-state index contributed by atoms with van der Waals surface area (Å²) < 4.78 is 5.83. The topological polar surface area (TPSA) is 108 Å². The summed E-state index contributed by atoms with van der Waals surface area (Å²) in [5.41, 5.74) is 4.43. The maximum Gasteiger partial charge on any atom is 0.408 e. The average molecular weight is 566 g/mol. The second kappa shape index (κ2) is 11.8. The molecule has 0 bridgehead atoms. The summed E-state index contributed by atoms with van der Waals surface area (Å²) in [7, 11) is 0. The van der Waals surface area contributed by atoms with Crippen LogP contribution < -0.4 is 10.6 Å². The number of ether oxygens (including phenoxy) is 1. The van der Waals surface area contributed by atoms with Crippen LogP contribution >= 0.6 is 0 Å². The minimum absolute atomic E-state index is 0.0913. The third kappa shape index (κ3) is 5.67. The zero-order chi connectivity index (χ0) is 29.1. The fraction of sp³-hybridized carbons (Fsp3) is 0.324. The number of aliphatic carboxylic acids is 1. The van der Waals surface area contributed by atoms with Crippen LogP contribution in [-0.4, -0.2) is 59.3 Å². The summed E-state index contributed by atoms with van der Waals surface area (Å²) in [6, 6.07) is 25.9. The Labute approximate surface area is 245 Å². The third-order valence-corrected chi connectivity index (χ3v) is 8.71. The molecule has 3 unspecified atom stereocenters. The van der Waals surface area contributed by atoms with E-state index in [-0.39, 0.29) is 18.4 Å². The smallest absolute Gasteiger partial charge is 0.408 e. The lowest BCUT2D eigenvalue weighted by Gasteiger charge is -2.32. The first-order chi connectivity index (χ1) is 20.4. The van der Waals surface area contributed by atoms with Gasteiger partial charge in [0, 0.05) is 31.6 Å². The van der Waals surface area contributed by atoms with Crippen LogP contribution in [0.25, 0.3) is 11.1 Å². The number of benzene rings is 3. The Hall–Kier alpha value is -4.43. The molecule has 0 spiro atoms.